The highest BCUT2D eigenvalue weighted by Crippen LogP contribution is 2.22. The normalized spacial score (nSPS) is 11.6. The quantitative estimate of drug-likeness (QED) is 0.754. The molecule has 0 aliphatic carbocycles. The van der Waals surface area contributed by atoms with Crippen LogP contribution in [0.4, 0.5) is 0 Å². The summed E-state index contributed by atoms with van der Waals surface area (Å²) in [6, 6.07) is 7.33. The number of aromatic nitrogens is 4. The number of nitrogens with zero attached hydrogens (tertiary/aromatic N) is 4. The second-order valence-electron chi connectivity index (χ2n) is 5.70. The van der Waals surface area contributed by atoms with Gasteiger partial charge in [0.2, 0.25) is 10.0 Å². The van der Waals surface area contributed by atoms with Gasteiger partial charge < -0.3 is 0 Å². The lowest BCUT2D eigenvalue weighted by molar-refractivity contribution is 0.579. The van der Waals surface area contributed by atoms with Crippen molar-refractivity contribution in [2.45, 2.75) is 25.3 Å². The molecule has 0 atom stereocenters. The molecule has 0 saturated carbocycles. The molecule has 7 nitrogen and oxygen atoms in total. The summed E-state index contributed by atoms with van der Waals surface area (Å²) in [5, 5.41) is 4.18. The highest BCUT2D eigenvalue weighted by molar-refractivity contribution is 7.89. The first-order valence-electron chi connectivity index (χ1n) is 7.74. The molecule has 8 heteroatoms. The largest absolute Gasteiger partial charge is 0.271 e. The Labute approximate surface area is 146 Å². The molecular weight excluding hydrogens is 338 g/mol. The van der Waals surface area contributed by atoms with Crippen molar-refractivity contribution in [3.05, 3.63) is 59.8 Å². The maximum Gasteiger partial charge on any atom is 0.244 e. The minimum atomic E-state index is -3.67. The molecule has 0 bridgehead atoms. The van der Waals surface area contributed by atoms with Gasteiger partial charge in [0, 0.05) is 37.7 Å². The summed E-state index contributed by atoms with van der Waals surface area (Å²) < 4.78 is 29.7. The molecule has 0 unspecified atom stereocenters. The number of rotatable bonds is 5. The van der Waals surface area contributed by atoms with Crippen LogP contribution in [0.5, 0.6) is 0 Å². The lowest BCUT2D eigenvalue weighted by Crippen LogP contribution is -2.24. The zero-order valence-electron chi connectivity index (χ0n) is 14.3. The lowest BCUT2D eigenvalue weighted by atomic mass is 10.1. The molecule has 0 fully saturated rings. The topological polar surface area (TPSA) is 89.8 Å². The summed E-state index contributed by atoms with van der Waals surface area (Å²) in [5.74, 6) is 0. The Bertz CT molecular complexity index is 997. The first-order valence-corrected chi connectivity index (χ1v) is 9.22. The van der Waals surface area contributed by atoms with Crippen LogP contribution in [0.25, 0.3) is 11.3 Å². The van der Waals surface area contributed by atoms with Crippen molar-refractivity contribution < 1.29 is 8.42 Å². The van der Waals surface area contributed by atoms with Gasteiger partial charge in [0.15, 0.2) is 0 Å². The summed E-state index contributed by atoms with van der Waals surface area (Å²) in [4.78, 5) is 8.61. The lowest BCUT2D eigenvalue weighted by Gasteiger charge is -2.11. The van der Waals surface area contributed by atoms with E-state index in [4.69, 9.17) is 0 Å². The van der Waals surface area contributed by atoms with Crippen LogP contribution in [0.1, 0.15) is 17.0 Å². The van der Waals surface area contributed by atoms with Gasteiger partial charge >= 0.3 is 0 Å². The van der Waals surface area contributed by atoms with E-state index in [0.717, 1.165) is 16.8 Å². The molecule has 0 radical (unpaired) electrons. The average Bonchev–Trinajstić information content (AvgIpc) is 2.87. The van der Waals surface area contributed by atoms with Crippen LogP contribution in [0.15, 0.2) is 47.8 Å². The minimum absolute atomic E-state index is 0.140. The summed E-state index contributed by atoms with van der Waals surface area (Å²) in [6.07, 6.45) is 5.05. The number of nitrogens with one attached hydrogen (secondary N) is 1. The SMILES string of the molecule is Cc1nn(C)c(C)c1S(=O)(=O)NCc1cccnc1-c1ccncc1. The smallest absolute Gasteiger partial charge is 0.244 e. The minimum Gasteiger partial charge on any atom is -0.271 e. The fourth-order valence-corrected chi connectivity index (χ4v) is 4.18. The van der Waals surface area contributed by atoms with Gasteiger partial charge in [0.05, 0.1) is 17.1 Å². The molecule has 3 aromatic rings. The Kier molecular flexibility index (Phi) is 4.65. The molecule has 0 saturated heterocycles. The molecule has 3 aromatic heterocycles. The first-order chi connectivity index (χ1) is 11.9. The number of hydrogen-bond acceptors (Lipinski definition) is 5. The predicted octanol–water partition coefficient (Wildman–Crippen LogP) is 1.97. The Balaban J connectivity index is 1.90. The van der Waals surface area contributed by atoms with Gasteiger partial charge in [0.25, 0.3) is 0 Å². The third-order valence-corrected chi connectivity index (χ3v) is 5.66. The van der Waals surface area contributed by atoms with E-state index in [0.29, 0.717) is 11.4 Å². The van der Waals surface area contributed by atoms with Gasteiger partial charge in [-0.15, -0.1) is 0 Å². The molecule has 3 rings (SSSR count). The van der Waals surface area contributed by atoms with Crippen LogP contribution >= 0.6 is 0 Å². The van der Waals surface area contributed by atoms with E-state index >= 15 is 0 Å². The Morgan fingerprint density at radius 2 is 1.84 bits per heavy atom. The highest BCUT2D eigenvalue weighted by atomic mass is 32.2. The summed E-state index contributed by atoms with van der Waals surface area (Å²) in [5.41, 5.74) is 3.49. The van der Waals surface area contributed by atoms with Crippen LogP contribution in [-0.4, -0.2) is 28.2 Å². The zero-order chi connectivity index (χ0) is 18.0. The standard InChI is InChI=1S/C17H19N5O2S/c1-12-17(13(2)22(3)21-12)25(23,24)20-11-15-5-4-8-19-16(15)14-6-9-18-10-7-14/h4-10,20H,11H2,1-3H3. The maximum absolute atomic E-state index is 12.7. The van der Waals surface area contributed by atoms with Crippen LogP contribution < -0.4 is 4.72 Å². The predicted molar refractivity (Wildman–Crippen MR) is 94.2 cm³/mol. The van der Waals surface area contributed by atoms with Crippen LogP contribution in [0.2, 0.25) is 0 Å². The zero-order valence-corrected chi connectivity index (χ0v) is 15.1. The number of aryl methyl sites for hydroxylation is 2. The third kappa shape index (κ3) is 3.45. The monoisotopic (exact) mass is 357 g/mol. The van der Waals surface area contributed by atoms with Gasteiger partial charge in [-0.3, -0.25) is 14.6 Å². The van der Waals surface area contributed by atoms with Crippen LogP contribution in [0, 0.1) is 13.8 Å². The van der Waals surface area contributed by atoms with Crippen molar-refractivity contribution in [2.24, 2.45) is 7.05 Å². The molecule has 0 spiro atoms. The van der Waals surface area contributed by atoms with E-state index in [1.807, 2.05) is 18.2 Å². The van der Waals surface area contributed by atoms with Gasteiger partial charge in [-0.25, -0.2) is 13.1 Å². The third-order valence-electron chi connectivity index (χ3n) is 4.01. The van der Waals surface area contributed by atoms with E-state index in [1.54, 1.807) is 50.2 Å². The summed E-state index contributed by atoms with van der Waals surface area (Å²) in [7, 11) is -1.95. The fourth-order valence-electron chi connectivity index (χ4n) is 2.74. The number of hydrogen-bond donors (Lipinski definition) is 1. The van der Waals surface area contributed by atoms with Crippen molar-refractivity contribution in [3.8, 4) is 11.3 Å². The number of sulfonamides is 1. The molecular formula is C17H19N5O2S. The summed E-state index contributed by atoms with van der Waals surface area (Å²) in [6.45, 7) is 3.57. The molecule has 0 aliphatic rings. The second-order valence-corrected chi connectivity index (χ2v) is 7.40. The molecule has 0 aromatic carbocycles. The summed E-state index contributed by atoms with van der Waals surface area (Å²) >= 11 is 0. The van der Waals surface area contributed by atoms with Gasteiger partial charge in [-0.05, 0) is 37.6 Å². The van der Waals surface area contributed by atoms with Crippen molar-refractivity contribution in [2.75, 3.05) is 0 Å². The van der Waals surface area contributed by atoms with E-state index < -0.39 is 10.0 Å². The highest BCUT2D eigenvalue weighted by Gasteiger charge is 2.23. The molecule has 3 heterocycles. The van der Waals surface area contributed by atoms with E-state index in [2.05, 4.69) is 19.8 Å². The van der Waals surface area contributed by atoms with Gasteiger partial charge in [-0.1, -0.05) is 6.07 Å². The Hall–Kier alpha value is -2.58. The maximum atomic E-state index is 12.7. The Morgan fingerprint density at radius 1 is 1.12 bits per heavy atom. The fraction of sp³-hybridized carbons (Fsp3) is 0.235. The first kappa shape index (κ1) is 17.2. The van der Waals surface area contributed by atoms with Gasteiger partial charge in [0.1, 0.15) is 4.90 Å². The molecule has 0 aliphatic heterocycles. The molecule has 130 valence electrons. The van der Waals surface area contributed by atoms with Crippen molar-refractivity contribution in [3.63, 3.8) is 0 Å². The Morgan fingerprint density at radius 3 is 2.48 bits per heavy atom. The average molecular weight is 357 g/mol. The second kappa shape index (κ2) is 6.73. The number of pyridine rings is 2. The van der Waals surface area contributed by atoms with Gasteiger partial charge in [-0.2, -0.15) is 5.10 Å². The molecule has 0 amide bonds. The van der Waals surface area contributed by atoms with Crippen molar-refractivity contribution in [1.82, 2.24) is 24.5 Å². The molecule has 25 heavy (non-hydrogen) atoms. The van der Waals surface area contributed by atoms with Crippen LogP contribution in [0.3, 0.4) is 0 Å². The van der Waals surface area contributed by atoms with E-state index in [9.17, 15) is 8.42 Å². The van der Waals surface area contributed by atoms with E-state index in [-0.39, 0.29) is 11.4 Å². The van der Waals surface area contributed by atoms with Crippen molar-refractivity contribution >= 4 is 10.0 Å². The van der Waals surface area contributed by atoms with Crippen LogP contribution in [-0.2, 0) is 23.6 Å². The van der Waals surface area contributed by atoms with Crippen molar-refractivity contribution in [1.29, 1.82) is 0 Å². The molecule has 1 N–H and O–H groups in total. The van der Waals surface area contributed by atoms with E-state index in [1.165, 1.54) is 0 Å².